The van der Waals surface area contributed by atoms with Gasteiger partial charge in [-0.15, -0.1) is 0 Å². The van der Waals surface area contributed by atoms with Gasteiger partial charge >= 0.3 is 0 Å². The second-order valence-electron chi connectivity index (χ2n) is 6.40. The van der Waals surface area contributed by atoms with Gasteiger partial charge < -0.3 is 4.57 Å². The average molecular weight is 271 g/mol. The normalized spacial score (nSPS) is 17.1. The molecule has 2 nitrogen and oxygen atoms in total. The molecule has 0 fully saturated rings. The second-order valence-corrected chi connectivity index (χ2v) is 6.40. The highest BCUT2D eigenvalue weighted by molar-refractivity contribution is 5.99. The predicted octanol–water partition coefficient (Wildman–Crippen LogP) is 4.08. The van der Waals surface area contributed by atoms with E-state index in [1.807, 2.05) is 13.0 Å². The van der Waals surface area contributed by atoms with Gasteiger partial charge in [0, 0.05) is 29.1 Å². The minimum atomic E-state index is -0.246. The van der Waals surface area contributed by atoms with Crippen LogP contribution in [0.3, 0.4) is 0 Å². The van der Waals surface area contributed by atoms with E-state index in [1.54, 1.807) is 12.1 Å². The summed E-state index contributed by atoms with van der Waals surface area (Å²) in [6.45, 7) is 6.22. The van der Waals surface area contributed by atoms with Gasteiger partial charge in [-0.3, -0.25) is 4.79 Å². The summed E-state index contributed by atoms with van der Waals surface area (Å²) in [5.41, 5.74) is 3.79. The molecule has 0 unspecified atom stereocenters. The van der Waals surface area contributed by atoms with Crippen LogP contribution in [-0.2, 0) is 6.42 Å². The average Bonchev–Trinajstić information content (AvgIpc) is 2.66. The molecule has 104 valence electrons. The Bertz CT molecular complexity index is 680. The lowest BCUT2D eigenvalue weighted by atomic mass is 9.76. The molecule has 1 aromatic carbocycles. The summed E-state index contributed by atoms with van der Waals surface area (Å²) in [5, 5.41) is 0. The molecule has 0 N–H and O–H groups in total. The number of carbonyl (C=O) groups is 1. The van der Waals surface area contributed by atoms with Crippen molar-refractivity contribution in [3.63, 3.8) is 0 Å². The lowest BCUT2D eigenvalue weighted by molar-refractivity contribution is 0.0911. The monoisotopic (exact) mass is 271 g/mol. The van der Waals surface area contributed by atoms with Crippen molar-refractivity contribution >= 4 is 5.78 Å². The maximum atomic E-state index is 13.1. The molecule has 1 aliphatic carbocycles. The number of hydrogen-bond donors (Lipinski definition) is 0. The van der Waals surface area contributed by atoms with Crippen molar-refractivity contribution in [2.45, 2.75) is 33.6 Å². The van der Waals surface area contributed by atoms with Crippen molar-refractivity contribution in [1.29, 1.82) is 0 Å². The summed E-state index contributed by atoms with van der Waals surface area (Å²) in [4.78, 5) is 12.3. The highest BCUT2D eigenvalue weighted by atomic mass is 19.1. The molecule has 3 rings (SSSR count). The van der Waals surface area contributed by atoms with Crippen LogP contribution in [0.4, 0.5) is 4.39 Å². The number of rotatable bonds is 1. The fraction of sp³-hybridized carbons (Fsp3) is 0.353. The van der Waals surface area contributed by atoms with Crippen LogP contribution in [0.5, 0.6) is 0 Å². The van der Waals surface area contributed by atoms with Crippen molar-refractivity contribution in [3.8, 4) is 5.69 Å². The Hall–Kier alpha value is -1.90. The molecule has 1 aliphatic rings. The van der Waals surface area contributed by atoms with Gasteiger partial charge in [-0.2, -0.15) is 0 Å². The first-order valence-corrected chi connectivity index (χ1v) is 6.88. The summed E-state index contributed by atoms with van der Waals surface area (Å²) in [5.74, 6) is -0.0379. The number of benzene rings is 1. The van der Waals surface area contributed by atoms with Crippen molar-refractivity contribution < 1.29 is 9.18 Å². The van der Waals surface area contributed by atoms with Crippen molar-refractivity contribution in [2.75, 3.05) is 0 Å². The third-order valence-electron chi connectivity index (χ3n) is 3.96. The van der Waals surface area contributed by atoms with Crippen LogP contribution in [0.15, 0.2) is 30.3 Å². The molecule has 0 radical (unpaired) electrons. The van der Waals surface area contributed by atoms with E-state index in [0.717, 1.165) is 29.1 Å². The van der Waals surface area contributed by atoms with E-state index < -0.39 is 0 Å². The van der Waals surface area contributed by atoms with Crippen LogP contribution >= 0.6 is 0 Å². The Labute approximate surface area is 118 Å². The summed E-state index contributed by atoms with van der Waals surface area (Å²) in [6, 6.07) is 8.38. The largest absolute Gasteiger partial charge is 0.317 e. The molecule has 3 heteroatoms. The Morgan fingerprint density at radius 2 is 1.80 bits per heavy atom. The Balaban J connectivity index is 2.18. The van der Waals surface area contributed by atoms with Crippen molar-refractivity contribution in [3.05, 3.63) is 53.1 Å². The highest BCUT2D eigenvalue weighted by Gasteiger charge is 2.34. The molecule has 0 spiro atoms. The van der Waals surface area contributed by atoms with E-state index in [1.165, 1.54) is 12.1 Å². The van der Waals surface area contributed by atoms with Crippen LogP contribution in [0.1, 0.15) is 42.0 Å². The highest BCUT2D eigenvalue weighted by Crippen LogP contribution is 2.37. The predicted molar refractivity (Wildman–Crippen MR) is 76.9 cm³/mol. The quantitative estimate of drug-likeness (QED) is 0.766. The van der Waals surface area contributed by atoms with Gasteiger partial charge in [0.2, 0.25) is 0 Å². The smallest absolute Gasteiger partial charge is 0.165 e. The zero-order valence-electron chi connectivity index (χ0n) is 12.0. The molecular weight excluding hydrogens is 253 g/mol. The first kappa shape index (κ1) is 13.1. The van der Waals surface area contributed by atoms with Crippen LogP contribution < -0.4 is 0 Å². The molecule has 0 saturated heterocycles. The number of aromatic nitrogens is 1. The van der Waals surface area contributed by atoms with E-state index in [-0.39, 0.29) is 17.0 Å². The molecule has 0 bridgehead atoms. The molecular formula is C17H18FNO. The van der Waals surface area contributed by atoms with Crippen LogP contribution in [0.2, 0.25) is 0 Å². The topological polar surface area (TPSA) is 22.0 Å². The van der Waals surface area contributed by atoms with Crippen LogP contribution in [0.25, 0.3) is 5.69 Å². The molecule has 1 heterocycles. The number of hydrogen-bond acceptors (Lipinski definition) is 1. The lowest BCUT2D eigenvalue weighted by Gasteiger charge is -2.29. The molecule has 0 aliphatic heterocycles. The molecule has 20 heavy (non-hydrogen) atoms. The van der Waals surface area contributed by atoms with Gasteiger partial charge in [0.05, 0.1) is 0 Å². The third kappa shape index (κ3) is 2.07. The maximum absolute atomic E-state index is 13.1. The number of ketones is 1. The van der Waals surface area contributed by atoms with Gasteiger partial charge in [0.15, 0.2) is 5.78 Å². The van der Waals surface area contributed by atoms with Gasteiger partial charge in [0.1, 0.15) is 5.82 Å². The summed E-state index contributed by atoms with van der Waals surface area (Å²) in [7, 11) is 0. The zero-order valence-corrected chi connectivity index (χ0v) is 12.0. The Morgan fingerprint density at radius 3 is 2.45 bits per heavy atom. The fourth-order valence-electron chi connectivity index (χ4n) is 3.10. The molecule has 0 amide bonds. The fourth-order valence-corrected chi connectivity index (χ4v) is 3.10. The van der Waals surface area contributed by atoms with E-state index in [9.17, 15) is 9.18 Å². The van der Waals surface area contributed by atoms with E-state index >= 15 is 0 Å². The van der Waals surface area contributed by atoms with Crippen molar-refractivity contribution in [1.82, 2.24) is 4.57 Å². The zero-order chi connectivity index (χ0) is 14.5. The number of nitrogens with zero attached hydrogens (tertiary/aromatic N) is 1. The summed E-state index contributed by atoms with van der Waals surface area (Å²) in [6.07, 6.45) is 1.45. The summed E-state index contributed by atoms with van der Waals surface area (Å²) < 4.78 is 15.2. The molecule has 1 aromatic heterocycles. The molecule has 0 saturated carbocycles. The Morgan fingerprint density at radius 1 is 1.15 bits per heavy atom. The number of Topliss-reactive ketones (excluding diaryl/α,β-unsaturated/α-hetero) is 1. The first-order chi connectivity index (χ1) is 9.37. The van der Waals surface area contributed by atoms with E-state index in [4.69, 9.17) is 0 Å². The van der Waals surface area contributed by atoms with Crippen molar-refractivity contribution in [2.24, 2.45) is 5.41 Å². The Kier molecular flexibility index (Phi) is 2.82. The minimum absolute atomic E-state index is 0.0212. The van der Waals surface area contributed by atoms with E-state index in [2.05, 4.69) is 18.4 Å². The van der Waals surface area contributed by atoms with Crippen LogP contribution in [0, 0.1) is 18.2 Å². The third-order valence-corrected chi connectivity index (χ3v) is 3.96. The van der Waals surface area contributed by atoms with Gasteiger partial charge in [-0.25, -0.2) is 4.39 Å². The number of halogens is 1. The number of fused-ring (bicyclic) bond motifs is 1. The van der Waals surface area contributed by atoms with Gasteiger partial charge in [-0.1, -0.05) is 13.8 Å². The van der Waals surface area contributed by atoms with Crippen LogP contribution in [-0.4, -0.2) is 10.4 Å². The summed E-state index contributed by atoms with van der Waals surface area (Å²) >= 11 is 0. The minimum Gasteiger partial charge on any atom is -0.317 e. The number of carbonyl (C=O) groups excluding carboxylic acids is 1. The molecule has 0 atom stereocenters. The number of aryl methyl sites for hydroxylation is 1. The maximum Gasteiger partial charge on any atom is 0.165 e. The second kappa shape index (κ2) is 4.30. The standard InChI is InChI=1S/C17H18FNO/c1-11-8-14-15(9-17(2,3)10-16(14)20)19(11)13-6-4-12(18)5-7-13/h4-8H,9-10H2,1-3H3. The molecule has 2 aromatic rings. The van der Waals surface area contributed by atoms with Gasteiger partial charge in [0.25, 0.3) is 0 Å². The first-order valence-electron chi connectivity index (χ1n) is 6.88. The SMILES string of the molecule is Cc1cc2c(n1-c1ccc(F)cc1)CC(C)(C)CC2=O. The van der Waals surface area contributed by atoms with E-state index in [0.29, 0.717) is 6.42 Å². The lowest BCUT2D eigenvalue weighted by Crippen LogP contribution is -2.27. The van der Waals surface area contributed by atoms with Gasteiger partial charge in [-0.05, 0) is 49.1 Å².